The van der Waals surface area contributed by atoms with E-state index in [0.717, 1.165) is 0 Å². The minimum absolute atomic E-state index is 0.0147. The van der Waals surface area contributed by atoms with E-state index in [0.29, 0.717) is 4.47 Å². The molecule has 0 heterocycles. The highest BCUT2D eigenvalue weighted by atomic mass is 79.9. The molecule has 1 rings (SSSR count). The maximum atomic E-state index is 13.4. The van der Waals surface area contributed by atoms with Gasteiger partial charge in [0.15, 0.2) is 6.29 Å². The topological polar surface area (TPSA) is 47.6 Å². The van der Waals surface area contributed by atoms with E-state index in [1.54, 1.807) is 6.07 Å². The second-order valence-electron chi connectivity index (χ2n) is 3.24. The van der Waals surface area contributed by atoms with Crippen LogP contribution in [0.4, 0.5) is 4.39 Å². The average Bonchev–Trinajstić information content (AvgIpc) is 2.30. The molecular formula is C11H13BrFNO3. The molecule has 0 atom stereocenters. The van der Waals surface area contributed by atoms with Crippen molar-refractivity contribution in [1.82, 2.24) is 5.32 Å². The first-order chi connectivity index (χ1) is 8.08. The van der Waals surface area contributed by atoms with E-state index in [9.17, 15) is 9.18 Å². The molecule has 0 aromatic heterocycles. The lowest BCUT2D eigenvalue weighted by molar-refractivity contribution is -0.0974. The quantitative estimate of drug-likeness (QED) is 0.846. The van der Waals surface area contributed by atoms with Crippen molar-refractivity contribution in [3.8, 4) is 0 Å². The molecule has 1 aromatic rings. The van der Waals surface area contributed by atoms with E-state index >= 15 is 0 Å². The normalized spacial score (nSPS) is 10.6. The van der Waals surface area contributed by atoms with Crippen molar-refractivity contribution in [1.29, 1.82) is 0 Å². The van der Waals surface area contributed by atoms with Gasteiger partial charge >= 0.3 is 0 Å². The summed E-state index contributed by atoms with van der Waals surface area (Å²) in [4.78, 5) is 11.6. The Morgan fingerprint density at radius 3 is 2.65 bits per heavy atom. The molecule has 0 aliphatic heterocycles. The van der Waals surface area contributed by atoms with Gasteiger partial charge in [-0.05, 0) is 18.2 Å². The molecule has 0 fully saturated rings. The molecule has 0 unspecified atom stereocenters. The zero-order valence-electron chi connectivity index (χ0n) is 9.50. The van der Waals surface area contributed by atoms with Crippen LogP contribution in [0.2, 0.25) is 0 Å². The molecule has 1 N–H and O–H groups in total. The lowest BCUT2D eigenvalue weighted by atomic mass is 10.2. The van der Waals surface area contributed by atoms with Gasteiger partial charge in [0, 0.05) is 18.7 Å². The summed E-state index contributed by atoms with van der Waals surface area (Å²) in [5, 5.41) is 2.52. The smallest absolute Gasteiger partial charge is 0.254 e. The predicted molar refractivity (Wildman–Crippen MR) is 64.2 cm³/mol. The summed E-state index contributed by atoms with van der Waals surface area (Å²) in [6.07, 6.45) is -0.544. The maximum absolute atomic E-state index is 13.4. The number of nitrogens with one attached hydrogen (secondary N) is 1. The molecule has 0 saturated heterocycles. The highest BCUT2D eigenvalue weighted by Gasteiger charge is 2.13. The van der Waals surface area contributed by atoms with Crippen LogP contribution in [-0.2, 0) is 9.47 Å². The molecule has 1 aromatic carbocycles. The zero-order valence-corrected chi connectivity index (χ0v) is 11.1. The van der Waals surface area contributed by atoms with Gasteiger partial charge in [-0.1, -0.05) is 15.9 Å². The molecule has 0 bridgehead atoms. The first-order valence-electron chi connectivity index (χ1n) is 4.87. The second-order valence-corrected chi connectivity index (χ2v) is 4.15. The van der Waals surface area contributed by atoms with Gasteiger partial charge in [0.25, 0.3) is 5.91 Å². The lowest BCUT2D eigenvalue weighted by Gasteiger charge is -2.14. The monoisotopic (exact) mass is 305 g/mol. The molecule has 94 valence electrons. The maximum Gasteiger partial charge on any atom is 0.254 e. The van der Waals surface area contributed by atoms with Crippen molar-refractivity contribution in [2.24, 2.45) is 0 Å². The summed E-state index contributed by atoms with van der Waals surface area (Å²) in [6.45, 7) is 0.154. The number of benzene rings is 1. The molecule has 0 radical (unpaired) electrons. The van der Waals surface area contributed by atoms with Gasteiger partial charge < -0.3 is 14.8 Å². The number of halogens is 2. The number of hydrogen-bond donors (Lipinski definition) is 1. The fourth-order valence-corrected chi connectivity index (χ4v) is 1.54. The Hall–Kier alpha value is -0.980. The predicted octanol–water partition coefficient (Wildman–Crippen LogP) is 1.94. The number of methoxy groups -OCH3 is 2. The van der Waals surface area contributed by atoms with E-state index in [1.165, 1.54) is 26.4 Å². The number of rotatable bonds is 5. The standard InChI is InChI=1S/C11H13BrFNO3/c1-16-10(17-2)6-14-11(15)8-4-3-7(12)5-9(8)13/h3-5,10H,6H2,1-2H3,(H,14,15). The van der Waals surface area contributed by atoms with Crippen molar-refractivity contribution in [2.45, 2.75) is 6.29 Å². The van der Waals surface area contributed by atoms with Crippen molar-refractivity contribution < 1.29 is 18.7 Å². The summed E-state index contributed by atoms with van der Waals surface area (Å²) in [7, 11) is 2.92. The van der Waals surface area contributed by atoms with E-state index in [1.807, 2.05) is 0 Å². The molecule has 1 amide bonds. The fraction of sp³-hybridized carbons (Fsp3) is 0.364. The minimum Gasteiger partial charge on any atom is -0.354 e. The van der Waals surface area contributed by atoms with Crippen molar-refractivity contribution in [3.63, 3.8) is 0 Å². The third-order valence-corrected chi connectivity index (χ3v) is 2.62. The molecule has 4 nitrogen and oxygen atoms in total. The Labute approximate surface area is 107 Å². The third-order valence-electron chi connectivity index (χ3n) is 2.13. The Kier molecular flexibility index (Phi) is 5.54. The fourth-order valence-electron chi connectivity index (χ4n) is 1.21. The Balaban J connectivity index is 2.64. The van der Waals surface area contributed by atoms with Crippen LogP contribution in [0.15, 0.2) is 22.7 Å². The lowest BCUT2D eigenvalue weighted by Crippen LogP contribution is -2.34. The summed E-state index contributed by atoms with van der Waals surface area (Å²) >= 11 is 3.12. The largest absolute Gasteiger partial charge is 0.354 e. The molecular weight excluding hydrogens is 293 g/mol. The molecule has 0 spiro atoms. The number of carbonyl (C=O) groups is 1. The van der Waals surface area contributed by atoms with Crippen LogP contribution in [0.3, 0.4) is 0 Å². The molecule has 17 heavy (non-hydrogen) atoms. The first-order valence-corrected chi connectivity index (χ1v) is 5.66. The van der Waals surface area contributed by atoms with Crippen LogP contribution >= 0.6 is 15.9 Å². The highest BCUT2D eigenvalue weighted by molar-refractivity contribution is 9.10. The zero-order chi connectivity index (χ0) is 12.8. The van der Waals surface area contributed by atoms with Gasteiger partial charge in [0.05, 0.1) is 12.1 Å². The molecule has 0 aliphatic rings. The van der Waals surface area contributed by atoms with Gasteiger partial charge in [-0.2, -0.15) is 0 Å². The van der Waals surface area contributed by atoms with E-state index < -0.39 is 18.0 Å². The number of amides is 1. The van der Waals surface area contributed by atoms with Gasteiger partial charge in [-0.3, -0.25) is 4.79 Å². The van der Waals surface area contributed by atoms with Gasteiger partial charge in [-0.15, -0.1) is 0 Å². The van der Waals surface area contributed by atoms with Crippen molar-refractivity contribution >= 4 is 21.8 Å². The summed E-state index contributed by atoms with van der Waals surface area (Å²) < 4.78 is 23.8. The van der Waals surface area contributed by atoms with E-state index in [2.05, 4.69) is 21.2 Å². The highest BCUT2D eigenvalue weighted by Crippen LogP contribution is 2.15. The SMILES string of the molecule is COC(CNC(=O)c1ccc(Br)cc1F)OC. The van der Waals surface area contributed by atoms with Crippen molar-refractivity contribution in [2.75, 3.05) is 20.8 Å². The van der Waals surface area contributed by atoms with Crippen LogP contribution in [0.5, 0.6) is 0 Å². The van der Waals surface area contributed by atoms with Crippen molar-refractivity contribution in [3.05, 3.63) is 34.1 Å². The summed E-state index contributed by atoms with van der Waals surface area (Å²) in [5.74, 6) is -1.09. The number of ether oxygens (including phenoxy) is 2. The van der Waals surface area contributed by atoms with Crippen LogP contribution < -0.4 is 5.32 Å². The third kappa shape index (κ3) is 4.07. The van der Waals surface area contributed by atoms with Gasteiger partial charge in [0.1, 0.15) is 5.82 Å². The summed E-state index contributed by atoms with van der Waals surface area (Å²) in [5.41, 5.74) is -0.0147. The Bertz CT molecular complexity index is 396. The Morgan fingerprint density at radius 2 is 2.12 bits per heavy atom. The van der Waals surface area contributed by atoms with Gasteiger partial charge in [0.2, 0.25) is 0 Å². The van der Waals surface area contributed by atoms with Crippen LogP contribution in [0, 0.1) is 5.82 Å². The summed E-state index contributed by atoms with van der Waals surface area (Å²) in [6, 6.07) is 4.24. The first kappa shape index (κ1) is 14.1. The molecule has 0 saturated carbocycles. The van der Waals surface area contributed by atoms with Crippen LogP contribution in [0.25, 0.3) is 0 Å². The average molecular weight is 306 g/mol. The van der Waals surface area contributed by atoms with E-state index in [4.69, 9.17) is 9.47 Å². The van der Waals surface area contributed by atoms with Crippen LogP contribution in [0.1, 0.15) is 10.4 Å². The second kappa shape index (κ2) is 6.68. The Morgan fingerprint density at radius 1 is 1.47 bits per heavy atom. The minimum atomic E-state index is -0.580. The molecule has 0 aliphatic carbocycles. The van der Waals surface area contributed by atoms with Gasteiger partial charge in [-0.25, -0.2) is 4.39 Å². The number of hydrogen-bond acceptors (Lipinski definition) is 3. The number of carbonyl (C=O) groups excluding carboxylic acids is 1. The molecule has 6 heteroatoms. The van der Waals surface area contributed by atoms with E-state index in [-0.39, 0.29) is 12.1 Å². The van der Waals surface area contributed by atoms with Crippen LogP contribution in [-0.4, -0.2) is 33.0 Å².